The van der Waals surface area contributed by atoms with Crippen LogP contribution in [0.25, 0.3) is 0 Å². The summed E-state index contributed by atoms with van der Waals surface area (Å²) < 4.78 is 23.0. The second kappa shape index (κ2) is 5.13. The number of carbonyl (C=O) groups excluding carboxylic acids is 1. The quantitative estimate of drug-likeness (QED) is 0.840. The summed E-state index contributed by atoms with van der Waals surface area (Å²) in [5.41, 5.74) is 0.585. The van der Waals surface area contributed by atoms with Crippen molar-refractivity contribution in [3.63, 3.8) is 0 Å². The maximum atomic E-state index is 12.7. The molecule has 3 rings (SSSR count). The van der Waals surface area contributed by atoms with Crippen molar-refractivity contribution in [3.05, 3.63) is 29.8 Å². The smallest absolute Gasteiger partial charge is 0.254 e. The van der Waals surface area contributed by atoms with Crippen LogP contribution in [0.1, 0.15) is 43.0 Å². The minimum absolute atomic E-state index is 0.0388. The molecular formula is C16H21NO3S. The number of nitrogens with zero attached hydrogens (tertiary/aromatic N) is 1. The van der Waals surface area contributed by atoms with E-state index in [4.69, 9.17) is 0 Å². The molecule has 1 amide bonds. The first-order chi connectivity index (χ1) is 9.88. The summed E-state index contributed by atoms with van der Waals surface area (Å²) in [6.07, 6.45) is 5.78. The number of benzene rings is 1. The van der Waals surface area contributed by atoms with Crippen molar-refractivity contribution in [2.75, 3.05) is 6.26 Å². The topological polar surface area (TPSA) is 54.5 Å². The average Bonchev–Trinajstić information content (AvgIpc) is 3.28. The van der Waals surface area contributed by atoms with Gasteiger partial charge in [0.15, 0.2) is 9.84 Å². The van der Waals surface area contributed by atoms with Gasteiger partial charge in [-0.2, -0.15) is 0 Å². The van der Waals surface area contributed by atoms with E-state index in [9.17, 15) is 13.2 Å². The van der Waals surface area contributed by atoms with E-state index in [-0.39, 0.29) is 10.8 Å². The van der Waals surface area contributed by atoms with Gasteiger partial charge in [0.2, 0.25) is 0 Å². The molecule has 0 aliphatic heterocycles. The number of carbonyl (C=O) groups is 1. The Kier molecular flexibility index (Phi) is 3.56. The van der Waals surface area contributed by atoms with Crippen molar-refractivity contribution in [1.29, 1.82) is 0 Å². The Hall–Kier alpha value is -1.36. The second-order valence-corrected chi connectivity index (χ2v) is 8.33. The maximum Gasteiger partial charge on any atom is 0.254 e. The molecule has 5 heteroatoms. The third-order valence-corrected chi connectivity index (χ3v) is 5.58. The Morgan fingerprint density at radius 3 is 2.14 bits per heavy atom. The molecule has 1 atom stereocenters. The van der Waals surface area contributed by atoms with Gasteiger partial charge in [-0.3, -0.25) is 4.79 Å². The van der Waals surface area contributed by atoms with E-state index in [1.165, 1.54) is 31.2 Å². The van der Waals surface area contributed by atoms with Crippen LogP contribution < -0.4 is 0 Å². The van der Waals surface area contributed by atoms with Crippen LogP contribution in [0.15, 0.2) is 29.2 Å². The number of rotatable bonds is 5. The minimum atomic E-state index is -3.21. The fourth-order valence-electron chi connectivity index (χ4n) is 2.84. The molecule has 1 unspecified atom stereocenters. The zero-order valence-corrected chi connectivity index (χ0v) is 13.3. The van der Waals surface area contributed by atoms with Crippen molar-refractivity contribution < 1.29 is 13.2 Å². The molecule has 4 nitrogen and oxygen atoms in total. The van der Waals surface area contributed by atoms with Crippen molar-refractivity contribution in [2.45, 2.75) is 49.6 Å². The maximum absolute atomic E-state index is 12.7. The lowest BCUT2D eigenvalue weighted by atomic mass is 10.1. The molecule has 21 heavy (non-hydrogen) atoms. The summed E-state index contributed by atoms with van der Waals surface area (Å²) in [5, 5.41) is 0. The summed E-state index contributed by atoms with van der Waals surface area (Å²) in [4.78, 5) is 15.0. The number of sulfone groups is 1. The number of hydrogen-bond acceptors (Lipinski definition) is 3. The van der Waals surface area contributed by atoms with E-state index in [2.05, 4.69) is 6.92 Å². The Balaban J connectivity index is 1.82. The molecule has 2 aliphatic carbocycles. The molecule has 114 valence electrons. The molecule has 0 spiro atoms. The Morgan fingerprint density at radius 1 is 1.14 bits per heavy atom. The molecule has 0 aromatic heterocycles. The third-order valence-electron chi connectivity index (χ3n) is 4.45. The summed E-state index contributed by atoms with van der Waals surface area (Å²) in [5.74, 6) is 0.682. The van der Waals surface area contributed by atoms with Gasteiger partial charge in [0.1, 0.15) is 0 Å². The van der Waals surface area contributed by atoms with Gasteiger partial charge in [0.25, 0.3) is 5.91 Å². The van der Waals surface area contributed by atoms with Gasteiger partial charge < -0.3 is 4.90 Å². The normalized spacial score (nSPS) is 20.1. The largest absolute Gasteiger partial charge is 0.333 e. The van der Waals surface area contributed by atoms with Crippen LogP contribution >= 0.6 is 0 Å². The number of amides is 1. The molecule has 2 fully saturated rings. The lowest BCUT2D eigenvalue weighted by molar-refractivity contribution is 0.0654. The molecule has 0 saturated heterocycles. The van der Waals surface area contributed by atoms with E-state index in [0.29, 0.717) is 23.6 Å². The van der Waals surface area contributed by atoms with E-state index in [1.54, 1.807) is 12.1 Å². The van der Waals surface area contributed by atoms with Crippen molar-refractivity contribution >= 4 is 15.7 Å². The van der Waals surface area contributed by atoms with Crippen LogP contribution in [0.4, 0.5) is 0 Å². The fraction of sp³-hybridized carbons (Fsp3) is 0.562. The first kappa shape index (κ1) is 14.6. The zero-order valence-electron chi connectivity index (χ0n) is 12.5. The SMILES string of the molecule is CC(C1CC1)N(C(=O)c1ccc(S(C)(=O)=O)cc1)C1CC1. The van der Waals surface area contributed by atoms with Gasteiger partial charge in [-0.15, -0.1) is 0 Å². The zero-order chi connectivity index (χ0) is 15.2. The van der Waals surface area contributed by atoms with Crippen molar-refractivity contribution in [2.24, 2.45) is 5.92 Å². The average molecular weight is 307 g/mol. The molecule has 2 aliphatic rings. The van der Waals surface area contributed by atoms with Gasteiger partial charge in [0.05, 0.1) is 4.90 Å². The first-order valence-corrected chi connectivity index (χ1v) is 9.40. The lowest BCUT2D eigenvalue weighted by Crippen LogP contribution is -2.41. The summed E-state index contributed by atoms with van der Waals surface area (Å²) in [6, 6.07) is 6.98. The van der Waals surface area contributed by atoms with Crippen LogP contribution in [0.3, 0.4) is 0 Å². The molecule has 1 aromatic rings. The second-order valence-electron chi connectivity index (χ2n) is 6.32. The predicted octanol–water partition coefficient (Wildman–Crippen LogP) is 2.49. The van der Waals surface area contributed by atoms with Crippen LogP contribution in [-0.4, -0.2) is 37.6 Å². The van der Waals surface area contributed by atoms with Gasteiger partial charge in [0, 0.05) is 23.9 Å². The third kappa shape index (κ3) is 3.12. The highest BCUT2D eigenvalue weighted by molar-refractivity contribution is 7.90. The standard InChI is InChI=1S/C16H21NO3S/c1-11(12-3-4-12)17(14-7-8-14)16(18)13-5-9-15(10-6-13)21(2,19)20/h5-6,9-12,14H,3-4,7-8H2,1-2H3. The van der Waals surface area contributed by atoms with Gasteiger partial charge in [-0.25, -0.2) is 8.42 Å². The Bertz CT molecular complexity index is 643. The van der Waals surface area contributed by atoms with Crippen LogP contribution in [0.2, 0.25) is 0 Å². The molecule has 1 aromatic carbocycles. The molecule has 0 radical (unpaired) electrons. The molecule has 0 N–H and O–H groups in total. The van der Waals surface area contributed by atoms with Crippen molar-refractivity contribution in [3.8, 4) is 0 Å². The van der Waals surface area contributed by atoms with Crippen LogP contribution in [-0.2, 0) is 9.84 Å². The summed E-state index contributed by atoms with van der Waals surface area (Å²) >= 11 is 0. The van der Waals surface area contributed by atoms with Crippen LogP contribution in [0, 0.1) is 5.92 Å². The van der Waals surface area contributed by atoms with E-state index < -0.39 is 9.84 Å². The molecule has 0 heterocycles. The summed E-state index contributed by atoms with van der Waals surface area (Å²) in [7, 11) is -3.21. The van der Waals surface area contributed by atoms with E-state index in [1.807, 2.05) is 4.90 Å². The predicted molar refractivity (Wildman–Crippen MR) is 80.9 cm³/mol. The van der Waals surface area contributed by atoms with Crippen molar-refractivity contribution in [1.82, 2.24) is 4.90 Å². The van der Waals surface area contributed by atoms with Gasteiger partial charge >= 0.3 is 0 Å². The molecule has 0 bridgehead atoms. The molecule has 2 saturated carbocycles. The summed E-state index contributed by atoms with van der Waals surface area (Å²) in [6.45, 7) is 2.14. The minimum Gasteiger partial charge on any atom is -0.333 e. The molecular weight excluding hydrogens is 286 g/mol. The first-order valence-electron chi connectivity index (χ1n) is 7.50. The van der Waals surface area contributed by atoms with Gasteiger partial charge in [-0.05, 0) is 62.8 Å². The van der Waals surface area contributed by atoms with E-state index >= 15 is 0 Å². The highest BCUT2D eigenvalue weighted by Crippen LogP contribution is 2.40. The lowest BCUT2D eigenvalue weighted by Gasteiger charge is -2.29. The highest BCUT2D eigenvalue weighted by atomic mass is 32.2. The fourth-order valence-corrected chi connectivity index (χ4v) is 3.47. The Labute approximate surface area is 126 Å². The highest BCUT2D eigenvalue weighted by Gasteiger charge is 2.41. The number of hydrogen-bond donors (Lipinski definition) is 0. The van der Waals surface area contributed by atoms with Crippen LogP contribution in [0.5, 0.6) is 0 Å². The monoisotopic (exact) mass is 307 g/mol. The van der Waals surface area contributed by atoms with Gasteiger partial charge in [-0.1, -0.05) is 0 Å². The Morgan fingerprint density at radius 2 is 1.71 bits per heavy atom. The van der Waals surface area contributed by atoms with E-state index in [0.717, 1.165) is 12.8 Å².